The SMILES string of the molecule is CCc1c(C(=O)O)nnn1-c1c(Br)cc(C)cc1[N+](=O)[O-]. The third kappa shape index (κ3) is 2.64. The minimum Gasteiger partial charge on any atom is -0.476 e. The number of aromatic nitrogens is 3. The van der Waals surface area contributed by atoms with Gasteiger partial charge < -0.3 is 5.11 Å². The summed E-state index contributed by atoms with van der Waals surface area (Å²) in [7, 11) is 0. The molecule has 0 spiro atoms. The minimum atomic E-state index is -1.22. The van der Waals surface area contributed by atoms with E-state index in [-0.39, 0.29) is 17.1 Å². The Morgan fingerprint density at radius 2 is 2.19 bits per heavy atom. The number of carboxylic acid groups (broad SMARTS) is 1. The van der Waals surface area contributed by atoms with E-state index in [1.165, 1.54) is 10.7 Å². The van der Waals surface area contributed by atoms with Crippen molar-refractivity contribution in [3.05, 3.63) is 43.7 Å². The number of carbonyl (C=O) groups is 1. The molecular formula is C12H11BrN4O4. The molecule has 1 aromatic heterocycles. The van der Waals surface area contributed by atoms with Crippen LogP contribution in [0.2, 0.25) is 0 Å². The van der Waals surface area contributed by atoms with Gasteiger partial charge >= 0.3 is 5.97 Å². The van der Waals surface area contributed by atoms with Gasteiger partial charge in [-0.1, -0.05) is 12.1 Å². The molecule has 1 heterocycles. The smallest absolute Gasteiger partial charge is 0.358 e. The summed E-state index contributed by atoms with van der Waals surface area (Å²) < 4.78 is 1.65. The molecule has 0 atom stereocenters. The Bertz CT molecular complexity index is 741. The average molecular weight is 355 g/mol. The zero-order valence-corrected chi connectivity index (χ0v) is 12.8. The summed E-state index contributed by atoms with van der Waals surface area (Å²) in [6, 6.07) is 3.10. The molecule has 2 aromatic rings. The molecule has 8 nitrogen and oxygen atoms in total. The summed E-state index contributed by atoms with van der Waals surface area (Å²) in [4.78, 5) is 21.8. The molecule has 0 unspecified atom stereocenters. The van der Waals surface area contributed by atoms with E-state index in [9.17, 15) is 14.9 Å². The number of rotatable bonds is 4. The number of aryl methyl sites for hydroxylation is 1. The van der Waals surface area contributed by atoms with Gasteiger partial charge in [0.25, 0.3) is 5.69 Å². The van der Waals surface area contributed by atoms with Crippen molar-refractivity contribution in [2.24, 2.45) is 0 Å². The third-order valence-corrected chi connectivity index (χ3v) is 3.50. The highest BCUT2D eigenvalue weighted by molar-refractivity contribution is 9.10. The maximum atomic E-state index is 11.2. The predicted octanol–water partition coefficient (Wildman–Crippen LogP) is 2.51. The number of benzene rings is 1. The van der Waals surface area contributed by atoms with Crippen molar-refractivity contribution in [2.75, 3.05) is 0 Å². The van der Waals surface area contributed by atoms with Gasteiger partial charge in [-0.3, -0.25) is 10.1 Å². The maximum Gasteiger partial charge on any atom is 0.358 e. The van der Waals surface area contributed by atoms with Crippen molar-refractivity contribution in [3.63, 3.8) is 0 Å². The van der Waals surface area contributed by atoms with Crippen molar-refractivity contribution in [2.45, 2.75) is 20.3 Å². The number of nitro benzene ring substituents is 1. The van der Waals surface area contributed by atoms with Crippen molar-refractivity contribution < 1.29 is 14.8 Å². The number of nitrogens with zero attached hydrogens (tertiary/aromatic N) is 4. The number of hydrogen-bond acceptors (Lipinski definition) is 5. The molecule has 21 heavy (non-hydrogen) atoms. The summed E-state index contributed by atoms with van der Waals surface area (Å²) in [5, 5.41) is 27.7. The summed E-state index contributed by atoms with van der Waals surface area (Å²) in [5.41, 5.74) is 0.796. The van der Waals surface area contributed by atoms with Crippen LogP contribution < -0.4 is 0 Å². The Balaban J connectivity index is 2.79. The minimum absolute atomic E-state index is 0.168. The fraction of sp³-hybridized carbons (Fsp3) is 0.250. The molecule has 110 valence electrons. The van der Waals surface area contributed by atoms with Crippen LogP contribution in [0.15, 0.2) is 16.6 Å². The van der Waals surface area contributed by atoms with Crippen LogP contribution in [-0.2, 0) is 6.42 Å². The summed E-state index contributed by atoms with van der Waals surface area (Å²) in [5.74, 6) is -1.22. The largest absolute Gasteiger partial charge is 0.476 e. The highest BCUT2D eigenvalue weighted by Crippen LogP contribution is 2.33. The van der Waals surface area contributed by atoms with Crippen LogP contribution in [0, 0.1) is 17.0 Å². The summed E-state index contributed by atoms with van der Waals surface area (Å²) in [6.07, 6.45) is 0.326. The molecule has 9 heteroatoms. The van der Waals surface area contributed by atoms with E-state index >= 15 is 0 Å². The van der Waals surface area contributed by atoms with Crippen LogP contribution in [0.4, 0.5) is 5.69 Å². The van der Waals surface area contributed by atoms with E-state index in [2.05, 4.69) is 26.2 Å². The van der Waals surface area contributed by atoms with E-state index < -0.39 is 10.9 Å². The van der Waals surface area contributed by atoms with Gasteiger partial charge in [0.2, 0.25) is 0 Å². The van der Waals surface area contributed by atoms with Crippen molar-refractivity contribution >= 4 is 27.6 Å². The summed E-state index contributed by atoms with van der Waals surface area (Å²) in [6.45, 7) is 3.46. The Morgan fingerprint density at radius 3 is 2.71 bits per heavy atom. The number of carboxylic acids is 1. The Morgan fingerprint density at radius 1 is 1.52 bits per heavy atom. The zero-order valence-electron chi connectivity index (χ0n) is 11.2. The normalized spacial score (nSPS) is 10.6. The van der Waals surface area contributed by atoms with Crippen molar-refractivity contribution in [3.8, 4) is 5.69 Å². The van der Waals surface area contributed by atoms with Gasteiger partial charge in [-0.2, -0.15) is 0 Å². The molecule has 0 aliphatic rings. The molecule has 0 saturated heterocycles. The average Bonchev–Trinajstić information content (AvgIpc) is 2.81. The van der Waals surface area contributed by atoms with Gasteiger partial charge in [-0.05, 0) is 40.9 Å². The molecule has 1 aromatic carbocycles. The molecule has 0 fully saturated rings. The van der Waals surface area contributed by atoms with Crippen LogP contribution in [0.3, 0.4) is 0 Å². The predicted molar refractivity (Wildman–Crippen MR) is 76.8 cm³/mol. The topological polar surface area (TPSA) is 111 Å². The number of hydrogen-bond donors (Lipinski definition) is 1. The second-order valence-corrected chi connectivity index (χ2v) is 5.18. The molecule has 0 radical (unpaired) electrons. The number of aromatic carboxylic acids is 1. The van der Waals surface area contributed by atoms with Crippen LogP contribution in [0.25, 0.3) is 5.69 Å². The lowest BCUT2D eigenvalue weighted by Crippen LogP contribution is -2.09. The van der Waals surface area contributed by atoms with Gasteiger partial charge in [-0.15, -0.1) is 5.10 Å². The van der Waals surface area contributed by atoms with E-state index in [1.54, 1.807) is 19.9 Å². The Hall–Kier alpha value is -2.29. The van der Waals surface area contributed by atoms with Gasteiger partial charge in [0.15, 0.2) is 11.4 Å². The second kappa shape index (κ2) is 5.60. The lowest BCUT2D eigenvalue weighted by Gasteiger charge is -2.09. The van der Waals surface area contributed by atoms with Gasteiger partial charge in [0.1, 0.15) is 0 Å². The molecule has 0 amide bonds. The highest BCUT2D eigenvalue weighted by Gasteiger charge is 2.26. The third-order valence-electron chi connectivity index (χ3n) is 2.90. The van der Waals surface area contributed by atoms with Crippen LogP contribution in [-0.4, -0.2) is 31.0 Å². The van der Waals surface area contributed by atoms with Gasteiger partial charge in [0.05, 0.1) is 15.1 Å². The number of halogens is 1. The summed E-state index contributed by atoms with van der Waals surface area (Å²) >= 11 is 3.27. The molecule has 0 aliphatic carbocycles. The van der Waals surface area contributed by atoms with E-state index in [0.717, 1.165) is 0 Å². The lowest BCUT2D eigenvalue weighted by atomic mass is 10.2. The van der Waals surface area contributed by atoms with Gasteiger partial charge in [0, 0.05) is 6.07 Å². The molecule has 0 aliphatic heterocycles. The molecule has 0 bridgehead atoms. The quantitative estimate of drug-likeness (QED) is 0.666. The zero-order chi connectivity index (χ0) is 15.7. The first-order chi connectivity index (χ1) is 9.86. The fourth-order valence-corrected chi connectivity index (χ4v) is 2.76. The Kier molecular flexibility index (Phi) is 4.03. The number of nitro groups is 1. The van der Waals surface area contributed by atoms with Crippen LogP contribution >= 0.6 is 15.9 Å². The maximum absolute atomic E-state index is 11.2. The van der Waals surface area contributed by atoms with Gasteiger partial charge in [-0.25, -0.2) is 9.48 Å². The molecule has 1 N–H and O–H groups in total. The highest BCUT2D eigenvalue weighted by atomic mass is 79.9. The molecule has 0 saturated carbocycles. The molecule has 2 rings (SSSR count). The van der Waals surface area contributed by atoms with Crippen molar-refractivity contribution in [1.82, 2.24) is 15.0 Å². The monoisotopic (exact) mass is 354 g/mol. The first-order valence-corrected chi connectivity index (χ1v) is 6.78. The standard InChI is InChI=1S/C12H11BrN4O4/c1-3-8-10(12(18)19)14-15-16(8)11-7(13)4-6(2)5-9(11)17(20)21/h4-5H,3H2,1-2H3,(H,18,19). The fourth-order valence-electron chi connectivity index (χ4n) is 2.03. The van der Waals surface area contributed by atoms with Crippen molar-refractivity contribution in [1.29, 1.82) is 0 Å². The van der Waals surface area contributed by atoms with Crippen LogP contribution in [0.1, 0.15) is 28.7 Å². The first kappa shape index (κ1) is 15.1. The van der Waals surface area contributed by atoms with E-state index in [4.69, 9.17) is 5.11 Å². The van der Waals surface area contributed by atoms with E-state index in [1.807, 2.05) is 0 Å². The Labute approximate surface area is 127 Å². The first-order valence-electron chi connectivity index (χ1n) is 5.99. The second-order valence-electron chi connectivity index (χ2n) is 4.33. The van der Waals surface area contributed by atoms with E-state index in [0.29, 0.717) is 22.2 Å². The van der Waals surface area contributed by atoms with Crippen LogP contribution in [0.5, 0.6) is 0 Å². The molecular weight excluding hydrogens is 344 g/mol. The lowest BCUT2D eigenvalue weighted by molar-refractivity contribution is -0.384.